The molecule has 2 saturated heterocycles. The van der Waals surface area contributed by atoms with Gasteiger partial charge in [0.1, 0.15) is 5.75 Å². The fourth-order valence-corrected chi connectivity index (χ4v) is 7.04. The van der Waals surface area contributed by atoms with Gasteiger partial charge in [0, 0.05) is 56.3 Å². The zero-order chi connectivity index (χ0) is 23.2. The number of likely N-dealkylation sites (tertiary alicyclic amines) is 1. The lowest BCUT2D eigenvalue weighted by Crippen LogP contribution is -2.52. The van der Waals surface area contributed by atoms with E-state index in [9.17, 15) is 18.0 Å². The molecule has 3 aliphatic heterocycles. The van der Waals surface area contributed by atoms with E-state index < -0.39 is 10.0 Å². The summed E-state index contributed by atoms with van der Waals surface area (Å²) in [6, 6.07) is 11.8. The first kappa shape index (κ1) is 22.2. The van der Waals surface area contributed by atoms with Crippen LogP contribution in [-0.2, 0) is 21.4 Å². The van der Waals surface area contributed by atoms with Crippen LogP contribution in [0.25, 0.3) is 0 Å². The normalized spacial score (nSPS) is 23.7. The standard InChI is InChI=1S/C24H29N3O5S/c1-32-20-5-7-21(8-6-20)33(30,31)26-11-9-18(10-12-26)24(29)25-14-17-13-19(16-25)22-3-2-4-23(28)27(22)15-17/h2-8,17-19H,9-16H2,1H3/t17-,19+/m0/s1. The summed E-state index contributed by atoms with van der Waals surface area (Å²) in [6.45, 7) is 2.63. The van der Waals surface area contributed by atoms with Gasteiger partial charge in [-0.3, -0.25) is 9.59 Å². The van der Waals surface area contributed by atoms with E-state index in [1.807, 2.05) is 15.5 Å². The van der Waals surface area contributed by atoms with Crippen molar-refractivity contribution < 1.29 is 17.9 Å². The number of piperidine rings is 2. The molecular weight excluding hydrogens is 442 g/mol. The van der Waals surface area contributed by atoms with Gasteiger partial charge in [0.05, 0.1) is 12.0 Å². The number of aromatic nitrogens is 1. The van der Waals surface area contributed by atoms with Crippen LogP contribution in [0.1, 0.15) is 30.9 Å². The topological polar surface area (TPSA) is 88.9 Å². The molecule has 176 valence electrons. The van der Waals surface area contributed by atoms with Crippen molar-refractivity contribution in [2.75, 3.05) is 33.3 Å². The number of fused-ring (bicyclic) bond motifs is 4. The molecule has 4 heterocycles. The molecule has 2 aromatic rings. The number of carbonyl (C=O) groups is 1. The number of carbonyl (C=O) groups excluding carboxylic acids is 1. The van der Waals surface area contributed by atoms with Gasteiger partial charge in [0.2, 0.25) is 15.9 Å². The van der Waals surface area contributed by atoms with Crippen LogP contribution in [0.5, 0.6) is 5.75 Å². The highest BCUT2D eigenvalue weighted by atomic mass is 32.2. The van der Waals surface area contributed by atoms with Crippen LogP contribution in [0.3, 0.4) is 0 Å². The monoisotopic (exact) mass is 471 g/mol. The van der Waals surface area contributed by atoms with Gasteiger partial charge >= 0.3 is 0 Å². The van der Waals surface area contributed by atoms with E-state index in [0.29, 0.717) is 51.3 Å². The summed E-state index contributed by atoms with van der Waals surface area (Å²) < 4.78 is 34.5. The molecule has 0 aliphatic carbocycles. The maximum Gasteiger partial charge on any atom is 0.250 e. The molecule has 0 spiro atoms. The highest BCUT2D eigenvalue weighted by Gasteiger charge is 2.39. The van der Waals surface area contributed by atoms with E-state index in [1.54, 1.807) is 43.5 Å². The van der Waals surface area contributed by atoms with Crippen molar-refractivity contribution in [1.29, 1.82) is 0 Å². The van der Waals surface area contributed by atoms with E-state index in [-0.39, 0.29) is 34.1 Å². The molecule has 1 aromatic carbocycles. The number of methoxy groups -OCH3 is 1. The van der Waals surface area contributed by atoms with Crippen molar-refractivity contribution in [1.82, 2.24) is 13.8 Å². The summed E-state index contributed by atoms with van der Waals surface area (Å²) in [5, 5.41) is 0. The Morgan fingerprint density at radius 3 is 2.42 bits per heavy atom. The summed E-state index contributed by atoms with van der Waals surface area (Å²) in [4.78, 5) is 27.8. The Hall–Kier alpha value is -2.65. The summed E-state index contributed by atoms with van der Waals surface area (Å²) in [5.74, 6) is 1.04. The summed E-state index contributed by atoms with van der Waals surface area (Å²) >= 11 is 0. The smallest absolute Gasteiger partial charge is 0.250 e. The molecule has 9 heteroatoms. The van der Waals surface area contributed by atoms with Gasteiger partial charge < -0.3 is 14.2 Å². The summed E-state index contributed by atoms with van der Waals surface area (Å²) in [7, 11) is -2.05. The molecule has 5 rings (SSSR count). The lowest BCUT2D eigenvalue weighted by atomic mass is 9.82. The predicted octanol–water partition coefficient (Wildman–Crippen LogP) is 1.90. The molecule has 8 nitrogen and oxygen atoms in total. The number of amides is 1. The Bertz CT molecular complexity index is 1200. The average molecular weight is 472 g/mol. The van der Waals surface area contributed by atoms with Crippen LogP contribution in [-0.4, -0.2) is 61.4 Å². The largest absolute Gasteiger partial charge is 0.497 e. The molecule has 1 amide bonds. The number of benzene rings is 1. The molecule has 2 atom stereocenters. The molecule has 3 aliphatic rings. The van der Waals surface area contributed by atoms with Crippen molar-refractivity contribution in [3.63, 3.8) is 0 Å². The first-order chi connectivity index (χ1) is 15.9. The Kier molecular flexibility index (Phi) is 5.78. The highest BCUT2D eigenvalue weighted by molar-refractivity contribution is 7.89. The Labute approximate surface area is 193 Å². The summed E-state index contributed by atoms with van der Waals surface area (Å²) in [6.07, 6.45) is 2.05. The van der Waals surface area contributed by atoms with Gasteiger partial charge in [0.25, 0.3) is 5.56 Å². The molecule has 0 unspecified atom stereocenters. The highest BCUT2D eigenvalue weighted by Crippen LogP contribution is 2.36. The van der Waals surface area contributed by atoms with Crippen LogP contribution >= 0.6 is 0 Å². The van der Waals surface area contributed by atoms with Gasteiger partial charge in [0.15, 0.2) is 0 Å². The van der Waals surface area contributed by atoms with Crippen LogP contribution < -0.4 is 10.3 Å². The Balaban J connectivity index is 1.23. The lowest BCUT2D eigenvalue weighted by molar-refractivity contribution is -0.139. The van der Waals surface area contributed by atoms with E-state index >= 15 is 0 Å². The predicted molar refractivity (Wildman–Crippen MR) is 123 cm³/mol. The van der Waals surface area contributed by atoms with E-state index in [4.69, 9.17) is 4.74 Å². The van der Waals surface area contributed by atoms with Crippen LogP contribution in [0.4, 0.5) is 0 Å². The SMILES string of the molecule is COc1ccc(S(=O)(=O)N2CCC(C(=O)N3C[C@@H]4C[C@H](C3)c3cccc(=O)n3C4)CC2)cc1. The third kappa shape index (κ3) is 4.08. The molecule has 2 fully saturated rings. The third-order valence-electron chi connectivity index (χ3n) is 7.29. The third-order valence-corrected chi connectivity index (χ3v) is 9.20. The molecule has 0 radical (unpaired) electrons. The summed E-state index contributed by atoms with van der Waals surface area (Å²) in [5.41, 5.74) is 1.06. The minimum absolute atomic E-state index is 0.0346. The van der Waals surface area contributed by atoms with Crippen molar-refractivity contribution in [2.45, 2.75) is 36.6 Å². The maximum atomic E-state index is 13.3. The zero-order valence-electron chi connectivity index (χ0n) is 18.7. The maximum absolute atomic E-state index is 13.3. The van der Waals surface area contributed by atoms with E-state index in [2.05, 4.69) is 0 Å². The molecule has 1 aromatic heterocycles. The number of pyridine rings is 1. The van der Waals surface area contributed by atoms with Gasteiger partial charge in [-0.15, -0.1) is 0 Å². The van der Waals surface area contributed by atoms with Gasteiger partial charge in [-0.05, 0) is 55.5 Å². The second-order valence-electron chi connectivity index (χ2n) is 9.30. The number of sulfonamides is 1. The van der Waals surface area contributed by atoms with Crippen LogP contribution in [0.15, 0.2) is 52.2 Å². The van der Waals surface area contributed by atoms with Crippen molar-refractivity contribution >= 4 is 15.9 Å². The number of hydrogen-bond acceptors (Lipinski definition) is 5. The minimum Gasteiger partial charge on any atom is -0.497 e. The van der Waals surface area contributed by atoms with Gasteiger partial charge in [-0.1, -0.05) is 6.07 Å². The number of hydrogen-bond donors (Lipinski definition) is 0. The first-order valence-electron chi connectivity index (χ1n) is 11.5. The second-order valence-corrected chi connectivity index (χ2v) is 11.2. The fraction of sp³-hybridized carbons (Fsp3) is 0.500. The fourth-order valence-electron chi connectivity index (χ4n) is 5.57. The molecule has 2 bridgehead atoms. The molecule has 0 saturated carbocycles. The van der Waals surface area contributed by atoms with E-state index in [1.165, 1.54) is 4.31 Å². The lowest BCUT2D eigenvalue weighted by Gasteiger charge is -2.44. The van der Waals surface area contributed by atoms with E-state index in [0.717, 1.165) is 12.1 Å². The molecule has 33 heavy (non-hydrogen) atoms. The number of ether oxygens (including phenoxy) is 1. The van der Waals surface area contributed by atoms with Crippen molar-refractivity contribution in [2.24, 2.45) is 11.8 Å². The Morgan fingerprint density at radius 2 is 1.73 bits per heavy atom. The van der Waals surface area contributed by atoms with Crippen molar-refractivity contribution in [3.05, 3.63) is 58.5 Å². The van der Waals surface area contributed by atoms with Crippen LogP contribution in [0.2, 0.25) is 0 Å². The van der Waals surface area contributed by atoms with Crippen LogP contribution in [0, 0.1) is 11.8 Å². The van der Waals surface area contributed by atoms with Gasteiger partial charge in [-0.25, -0.2) is 8.42 Å². The molecule has 0 N–H and O–H groups in total. The Morgan fingerprint density at radius 1 is 1.00 bits per heavy atom. The second kappa shape index (κ2) is 8.61. The average Bonchev–Trinajstić information content (AvgIpc) is 2.84. The minimum atomic E-state index is -3.59. The van der Waals surface area contributed by atoms with Gasteiger partial charge in [-0.2, -0.15) is 4.31 Å². The zero-order valence-corrected chi connectivity index (χ0v) is 19.5. The number of rotatable bonds is 4. The quantitative estimate of drug-likeness (QED) is 0.680. The number of nitrogens with zero attached hydrogens (tertiary/aromatic N) is 3. The van der Waals surface area contributed by atoms with Crippen molar-refractivity contribution in [3.8, 4) is 5.75 Å². The molecular formula is C24H29N3O5S. The first-order valence-corrected chi connectivity index (χ1v) is 12.9.